The fraction of sp³-hybridized carbons (Fsp3) is 0.444. The molecule has 0 aliphatic rings. The molecule has 17 heavy (non-hydrogen) atoms. The van der Waals surface area contributed by atoms with E-state index in [0.717, 1.165) is 6.20 Å². The molecule has 1 heterocycles. The van der Waals surface area contributed by atoms with Gasteiger partial charge in [-0.3, -0.25) is 9.59 Å². The standard InChI is InChI=1S/C9H9F3N2O3/c1-2-17-6(15)3-5-4-13-8(9(10,11)12)14-7(5)16/h4H,2-3H2,1H3,(H,13,14,16). The molecule has 0 bridgehead atoms. The number of hydrogen-bond acceptors (Lipinski definition) is 4. The minimum absolute atomic E-state index is 0.130. The molecule has 0 unspecified atom stereocenters. The van der Waals surface area contributed by atoms with Crippen molar-refractivity contribution in [2.24, 2.45) is 0 Å². The number of hydrogen-bond donors (Lipinski definition) is 1. The largest absolute Gasteiger partial charge is 0.466 e. The molecule has 0 saturated carbocycles. The minimum Gasteiger partial charge on any atom is -0.466 e. The van der Waals surface area contributed by atoms with E-state index in [2.05, 4.69) is 9.72 Å². The Morgan fingerprint density at radius 2 is 2.18 bits per heavy atom. The molecule has 1 aromatic heterocycles. The van der Waals surface area contributed by atoms with Gasteiger partial charge < -0.3 is 9.72 Å². The van der Waals surface area contributed by atoms with Crippen LogP contribution < -0.4 is 5.56 Å². The monoisotopic (exact) mass is 250 g/mol. The molecular formula is C9H9F3N2O3. The van der Waals surface area contributed by atoms with Crippen LogP contribution in [-0.4, -0.2) is 22.5 Å². The maximum atomic E-state index is 12.2. The average molecular weight is 250 g/mol. The van der Waals surface area contributed by atoms with E-state index >= 15 is 0 Å². The normalized spacial score (nSPS) is 11.3. The highest BCUT2D eigenvalue weighted by Gasteiger charge is 2.34. The van der Waals surface area contributed by atoms with Gasteiger partial charge in [-0.05, 0) is 6.92 Å². The van der Waals surface area contributed by atoms with Crippen molar-refractivity contribution in [1.82, 2.24) is 9.97 Å². The Bertz CT molecular complexity index is 467. The number of ether oxygens (including phenoxy) is 1. The maximum Gasteiger partial charge on any atom is 0.449 e. The van der Waals surface area contributed by atoms with Crippen molar-refractivity contribution in [3.63, 3.8) is 0 Å². The van der Waals surface area contributed by atoms with Crippen molar-refractivity contribution in [3.05, 3.63) is 27.9 Å². The summed E-state index contributed by atoms with van der Waals surface area (Å²) in [6.07, 6.45) is -4.41. The van der Waals surface area contributed by atoms with Crippen LogP contribution in [0, 0.1) is 0 Å². The van der Waals surface area contributed by atoms with E-state index in [-0.39, 0.29) is 12.2 Å². The zero-order valence-electron chi connectivity index (χ0n) is 8.80. The Hall–Kier alpha value is -1.86. The Morgan fingerprint density at radius 1 is 1.53 bits per heavy atom. The fourth-order valence-electron chi connectivity index (χ4n) is 1.06. The van der Waals surface area contributed by atoms with Crippen LogP contribution >= 0.6 is 0 Å². The molecule has 5 nitrogen and oxygen atoms in total. The summed E-state index contributed by atoms with van der Waals surface area (Å²) in [4.78, 5) is 26.8. The van der Waals surface area contributed by atoms with Gasteiger partial charge in [-0.25, -0.2) is 4.98 Å². The van der Waals surface area contributed by atoms with Crippen molar-refractivity contribution < 1.29 is 22.7 Å². The Kier molecular flexibility index (Phi) is 3.87. The highest BCUT2D eigenvalue weighted by Crippen LogP contribution is 2.24. The lowest BCUT2D eigenvalue weighted by atomic mass is 10.2. The van der Waals surface area contributed by atoms with Gasteiger partial charge in [-0.1, -0.05) is 0 Å². The topological polar surface area (TPSA) is 72.0 Å². The smallest absolute Gasteiger partial charge is 0.449 e. The number of halogens is 3. The van der Waals surface area contributed by atoms with E-state index in [1.807, 2.05) is 0 Å². The number of nitrogens with zero attached hydrogens (tertiary/aromatic N) is 1. The first-order chi connectivity index (χ1) is 7.84. The SMILES string of the molecule is CCOC(=O)Cc1cnc(C(F)(F)F)[nH]c1=O. The number of alkyl halides is 3. The number of carbonyl (C=O) groups excluding carboxylic acids is 1. The number of carbonyl (C=O) groups is 1. The van der Waals surface area contributed by atoms with Gasteiger partial charge in [-0.2, -0.15) is 13.2 Å². The Balaban J connectivity index is 2.91. The van der Waals surface area contributed by atoms with Crippen LogP contribution in [0.5, 0.6) is 0 Å². The Morgan fingerprint density at radius 3 is 2.65 bits per heavy atom. The van der Waals surface area contributed by atoms with Crippen LogP contribution in [0.4, 0.5) is 13.2 Å². The van der Waals surface area contributed by atoms with Crippen LogP contribution in [0.25, 0.3) is 0 Å². The van der Waals surface area contributed by atoms with Crippen molar-refractivity contribution in [2.45, 2.75) is 19.5 Å². The van der Waals surface area contributed by atoms with Crippen LogP contribution in [0.2, 0.25) is 0 Å². The zero-order chi connectivity index (χ0) is 13.1. The van der Waals surface area contributed by atoms with Gasteiger partial charge in [0.05, 0.1) is 13.0 Å². The molecule has 0 atom stereocenters. The molecule has 0 saturated heterocycles. The predicted molar refractivity (Wildman–Crippen MR) is 50.2 cm³/mol. The molecule has 0 aromatic carbocycles. The minimum atomic E-state index is -4.72. The van der Waals surface area contributed by atoms with Crippen LogP contribution in [0.15, 0.2) is 11.0 Å². The molecule has 0 spiro atoms. The highest BCUT2D eigenvalue weighted by atomic mass is 19.4. The van der Waals surface area contributed by atoms with E-state index in [0.29, 0.717) is 0 Å². The summed E-state index contributed by atoms with van der Waals surface area (Å²) in [5, 5.41) is 0. The molecule has 0 fully saturated rings. The van der Waals surface area contributed by atoms with Crippen molar-refractivity contribution in [3.8, 4) is 0 Å². The third-order valence-corrected chi connectivity index (χ3v) is 1.78. The van der Waals surface area contributed by atoms with Crippen molar-refractivity contribution in [1.29, 1.82) is 0 Å². The summed E-state index contributed by atoms with van der Waals surface area (Å²) in [6, 6.07) is 0. The van der Waals surface area contributed by atoms with Crippen LogP contribution in [0.3, 0.4) is 0 Å². The van der Waals surface area contributed by atoms with Gasteiger partial charge in [0.15, 0.2) is 0 Å². The lowest BCUT2D eigenvalue weighted by Gasteiger charge is -2.05. The van der Waals surface area contributed by atoms with E-state index < -0.39 is 30.0 Å². The summed E-state index contributed by atoms with van der Waals surface area (Å²) >= 11 is 0. The van der Waals surface area contributed by atoms with E-state index in [9.17, 15) is 22.8 Å². The molecular weight excluding hydrogens is 241 g/mol. The fourth-order valence-corrected chi connectivity index (χ4v) is 1.06. The predicted octanol–water partition coefficient (Wildman–Crippen LogP) is 0.894. The first kappa shape index (κ1) is 13.2. The summed E-state index contributed by atoms with van der Waals surface area (Å²) in [5.41, 5.74) is -1.17. The summed E-state index contributed by atoms with van der Waals surface area (Å²) in [5.74, 6) is -2.09. The van der Waals surface area contributed by atoms with Gasteiger partial charge in [0, 0.05) is 11.8 Å². The van der Waals surface area contributed by atoms with Gasteiger partial charge in [0.2, 0.25) is 5.82 Å². The number of nitrogens with one attached hydrogen (secondary N) is 1. The van der Waals surface area contributed by atoms with Crippen molar-refractivity contribution in [2.75, 3.05) is 6.61 Å². The quantitative estimate of drug-likeness (QED) is 0.809. The number of esters is 1. The van der Waals surface area contributed by atoms with Gasteiger partial charge in [0.25, 0.3) is 5.56 Å². The first-order valence-corrected chi connectivity index (χ1v) is 4.65. The van der Waals surface area contributed by atoms with Crippen LogP contribution in [-0.2, 0) is 22.1 Å². The second kappa shape index (κ2) is 4.98. The third kappa shape index (κ3) is 3.58. The molecule has 0 aliphatic heterocycles. The van der Waals surface area contributed by atoms with E-state index in [4.69, 9.17) is 0 Å². The molecule has 1 rings (SSSR count). The molecule has 0 radical (unpaired) electrons. The lowest BCUT2D eigenvalue weighted by molar-refractivity contribution is -0.145. The zero-order valence-corrected chi connectivity index (χ0v) is 8.80. The molecule has 0 aliphatic carbocycles. The average Bonchev–Trinajstić information content (AvgIpc) is 2.20. The van der Waals surface area contributed by atoms with E-state index in [1.54, 1.807) is 11.9 Å². The number of aromatic amines is 1. The number of aromatic nitrogens is 2. The number of H-pyrrole nitrogens is 1. The molecule has 1 N–H and O–H groups in total. The van der Waals surface area contributed by atoms with E-state index in [1.165, 1.54) is 0 Å². The van der Waals surface area contributed by atoms with Gasteiger partial charge >= 0.3 is 12.1 Å². The molecule has 8 heteroatoms. The van der Waals surface area contributed by atoms with Crippen molar-refractivity contribution >= 4 is 5.97 Å². The lowest BCUT2D eigenvalue weighted by Crippen LogP contribution is -2.23. The van der Waals surface area contributed by atoms with Crippen LogP contribution in [0.1, 0.15) is 18.3 Å². The molecule has 94 valence electrons. The third-order valence-electron chi connectivity index (χ3n) is 1.78. The van der Waals surface area contributed by atoms with Gasteiger partial charge in [-0.15, -0.1) is 0 Å². The summed E-state index contributed by atoms with van der Waals surface area (Å²) in [6.45, 7) is 1.71. The van der Waals surface area contributed by atoms with Gasteiger partial charge in [0.1, 0.15) is 0 Å². The maximum absolute atomic E-state index is 12.2. The highest BCUT2D eigenvalue weighted by molar-refractivity contribution is 5.72. The Labute approximate surface area is 93.6 Å². The number of rotatable bonds is 3. The molecule has 0 amide bonds. The molecule has 1 aromatic rings. The second-order valence-electron chi connectivity index (χ2n) is 3.07. The summed E-state index contributed by atoms with van der Waals surface area (Å²) in [7, 11) is 0. The first-order valence-electron chi connectivity index (χ1n) is 4.65. The second-order valence-corrected chi connectivity index (χ2v) is 3.07. The summed E-state index contributed by atoms with van der Waals surface area (Å²) < 4.78 is 41.0.